The predicted molar refractivity (Wildman–Crippen MR) is 53.1 cm³/mol. The third kappa shape index (κ3) is 1.70. The highest BCUT2D eigenvalue weighted by atomic mass is 35.5. The van der Waals surface area contributed by atoms with Crippen LogP contribution in [0.25, 0.3) is 0 Å². The molecule has 0 spiro atoms. The number of hydrogen-bond acceptors (Lipinski definition) is 2. The Kier molecular flexibility index (Phi) is 2.61. The molecular formula is C10H11ClFNO. The van der Waals surface area contributed by atoms with Crippen LogP contribution in [0.1, 0.15) is 24.4 Å². The SMILES string of the molecule is Oc1c(F)cc([C@H]2CCCN2)cc1Cl. The molecule has 0 aromatic heterocycles. The van der Waals surface area contributed by atoms with Crippen molar-refractivity contribution in [1.82, 2.24) is 5.32 Å². The van der Waals surface area contributed by atoms with Crippen LogP contribution < -0.4 is 5.32 Å². The summed E-state index contributed by atoms with van der Waals surface area (Å²) in [6, 6.07) is 3.12. The predicted octanol–water partition coefficient (Wildman–Crippen LogP) is 2.61. The van der Waals surface area contributed by atoms with E-state index in [2.05, 4.69) is 5.32 Å². The van der Waals surface area contributed by atoms with Crippen molar-refractivity contribution in [2.24, 2.45) is 0 Å². The molecule has 0 saturated carbocycles. The molecule has 1 aromatic rings. The van der Waals surface area contributed by atoms with Crippen LogP contribution in [0.4, 0.5) is 4.39 Å². The lowest BCUT2D eigenvalue weighted by molar-refractivity contribution is 0.431. The molecule has 1 fully saturated rings. The van der Waals surface area contributed by atoms with Crippen molar-refractivity contribution < 1.29 is 9.50 Å². The van der Waals surface area contributed by atoms with Crippen LogP contribution in [0.2, 0.25) is 5.02 Å². The molecule has 0 amide bonds. The molecule has 0 bridgehead atoms. The molecule has 76 valence electrons. The molecule has 0 radical (unpaired) electrons. The van der Waals surface area contributed by atoms with Crippen LogP contribution in [0.5, 0.6) is 5.75 Å². The zero-order chi connectivity index (χ0) is 10.1. The molecule has 1 aliphatic heterocycles. The second kappa shape index (κ2) is 3.75. The monoisotopic (exact) mass is 215 g/mol. The molecule has 1 aliphatic rings. The van der Waals surface area contributed by atoms with E-state index in [9.17, 15) is 4.39 Å². The Hall–Kier alpha value is -0.800. The Balaban J connectivity index is 2.34. The summed E-state index contributed by atoms with van der Waals surface area (Å²) in [5, 5.41) is 12.5. The number of phenolic OH excluding ortho intramolecular Hbond substituents is 1. The normalized spacial score (nSPS) is 21.4. The quantitative estimate of drug-likeness (QED) is 0.755. The van der Waals surface area contributed by atoms with Gasteiger partial charge in [0.15, 0.2) is 11.6 Å². The van der Waals surface area contributed by atoms with E-state index in [0.717, 1.165) is 24.9 Å². The number of nitrogens with one attached hydrogen (secondary N) is 1. The van der Waals surface area contributed by atoms with Crippen molar-refractivity contribution in [3.05, 3.63) is 28.5 Å². The van der Waals surface area contributed by atoms with Gasteiger partial charge in [-0.05, 0) is 37.1 Å². The lowest BCUT2D eigenvalue weighted by atomic mass is 10.1. The zero-order valence-electron chi connectivity index (χ0n) is 7.56. The number of halogens is 2. The molecule has 4 heteroatoms. The molecule has 1 heterocycles. The van der Waals surface area contributed by atoms with Crippen molar-refractivity contribution in [2.75, 3.05) is 6.54 Å². The van der Waals surface area contributed by atoms with E-state index in [1.807, 2.05) is 0 Å². The Labute approximate surface area is 86.7 Å². The number of benzene rings is 1. The van der Waals surface area contributed by atoms with Gasteiger partial charge in [-0.2, -0.15) is 0 Å². The summed E-state index contributed by atoms with van der Waals surface area (Å²) in [6.07, 6.45) is 2.07. The smallest absolute Gasteiger partial charge is 0.170 e. The third-order valence-corrected chi connectivity index (χ3v) is 2.79. The Morgan fingerprint density at radius 1 is 1.50 bits per heavy atom. The number of aromatic hydroxyl groups is 1. The minimum Gasteiger partial charge on any atom is -0.504 e. The van der Waals surface area contributed by atoms with Crippen molar-refractivity contribution in [3.8, 4) is 5.75 Å². The molecule has 1 aromatic carbocycles. The van der Waals surface area contributed by atoms with E-state index in [0.29, 0.717) is 0 Å². The van der Waals surface area contributed by atoms with E-state index in [-0.39, 0.29) is 11.1 Å². The molecule has 2 nitrogen and oxygen atoms in total. The van der Waals surface area contributed by atoms with Gasteiger partial charge in [0.25, 0.3) is 0 Å². The number of phenols is 1. The van der Waals surface area contributed by atoms with E-state index in [4.69, 9.17) is 16.7 Å². The third-order valence-electron chi connectivity index (χ3n) is 2.50. The topological polar surface area (TPSA) is 32.3 Å². The summed E-state index contributed by atoms with van der Waals surface area (Å²) in [5.41, 5.74) is 0.808. The summed E-state index contributed by atoms with van der Waals surface area (Å²) in [6.45, 7) is 0.949. The van der Waals surface area contributed by atoms with Crippen molar-refractivity contribution >= 4 is 11.6 Å². The summed E-state index contributed by atoms with van der Waals surface area (Å²) in [4.78, 5) is 0. The molecule has 0 aliphatic carbocycles. The molecule has 14 heavy (non-hydrogen) atoms. The first kappa shape index (κ1) is 9.74. The van der Waals surface area contributed by atoms with E-state index < -0.39 is 11.6 Å². The number of rotatable bonds is 1. The van der Waals surface area contributed by atoms with E-state index >= 15 is 0 Å². The average molecular weight is 216 g/mol. The summed E-state index contributed by atoms with van der Waals surface area (Å²) < 4.78 is 13.1. The van der Waals surface area contributed by atoms with Gasteiger partial charge in [0.1, 0.15) is 0 Å². The first-order valence-corrected chi connectivity index (χ1v) is 4.97. The van der Waals surface area contributed by atoms with Crippen LogP contribution >= 0.6 is 11.6 Å². The van der Waals surface area contributed by atoms with Gasteiger partial charge in [0, 0.05) is 6.04 Å². The summed E-state index contributed by atoms with van der Waals surface area (Å²) in [5.74, 6) is -1.12. The first-order valence-electron chi connectivity index (χ1n) is 4.60. The fourth-order valence-corrected chi connectivity index (χ4v) is 1.97. The van der Waals surface area contributed by atoms with Crippen LogP contribution in [0.15, 0.2) is 12.1 Å². The standard InChI is InChI=1S/C10H11ClFNO/c11-7-4-6(5-8(12)10(7)14)9-2-1-3-13-9/h4-5,9,13-14H,1-3H2/t9-/m1/s1. The maximum absolute atomic E-state index is 13.1. The summed E-state index contributed by atoms with van der Waals surface area (Å²) in [7, 11) is 0. The minimum absolute atomic E-state index is 0.0775. The van der Waals surface area contributed by atoms with Crippen molar-refractivity contribution in [1.29, 1.82) is 0 Å². The van der Waals surface area contributed by atoms with Gasteiger partial charge in [-0.15, -0.1) is 0 Å². The van der Waals surface area contributed by atoms with Gasteiger partial charge in [-0.3, -0.25) is 0 Å². The van der Waals surface area contributed by atoms with Crippen LogP contribution in [-0.4, -0.2) is 11.7 Å². The maximum Gasteiger partial charge on any atom is 0.170 e. The zero-order valence-corrected chi connectivity index (χ0v) is 8.31. The van der Waals surface area contributed by atoms with Crippen LogP contribution in [0, 0.1) is 5.82 Å². The van der Waals surface area contributed by atoms with Crippen LogP contribution in [0.3, 0.4) is 0 Å². The highest BCUT2D eigenvalue weighted by Crippen LogP contribution is 2.32. The Morgan fingerprint density at radius 3 is 2.86 bits per heavy atom. The highest BCUT2D eigenvalue weighted by molar-refractivity contribution is 6.32. The Bertz CT molecular complexity index is 327. The van der Waals surface area contributed by atoms with E-state index in [1.54, 1.807) is 6.07 Å². The maximum atomic E-state index is 13.1. The lowest BCUT2D eigenvalue weighted by Crippen LogP contribution is -2.12. The first-order chi connectivity index (χ1) is 6.68. The van der Waals surface area contributed by atoms with Gasteiger partial charge in [-0.25, -0.2) is 4.39 Å². The second-order valence-electron chi connectivity index (χ2n) is 3.48. The fraction of sp³-hybridized carbons (Fsp3) is 0.400. The van der Waals surface area contributed by atoms with Crippen molar-refractivity contribution in [3.63, 3.8) is 0 Å². The molecule has 1 saturated heterocycles. The average Bonchev–Trinajstić information content (AvgIpc) is 2.66. The molecule has 2 N–H and O–H groups in total. The molecule has 2 rings (SSSR count). The van der Waals surface area contributed by atoms with Gasteiger partial charge < -0.3 is 10.4 Å². The number of hydrogen-bond donors (Lipinski definition) is 2. The summed E-state index contributed by atoms with van der Waals surface area (Å²) >= 11 is 5.68. The van der Waals surface area contributed by atoms with Crippen LogP contribution in [-0.2, 0) is 0 Å². The molecule has 0 unspecified atom stereocenters. The highest BCUT2D eigenvalue weighted by Gasteiger charge is 2.18. The lowest BCUT2D eigenvalue weighted by Gasteiger charge is -2.11. The minimum atomic E-state index is -0.652. The van der Waals surface area contributed by atoms with E-state index in [1.165, 1.54) is 6.07 Å². The van der Waals surface area contributed by atoms with Gasteiger partial charge in [0.2, 0.25) is 0 Å². The Morgan fingerprint density at radius 2 is 2.29 bits per heavy atom. The molecule has 1 atom stereocenters. The largest absolute Gasteiger partial charge is 0.504 e. The molecular weight excluding hydrogens is 205 g/mol. The van der Waals surface area contributed by atoms with Gasteiger partial charge in [-0.1, -0.05) is 11.6 Å². The van der Waals surface area contributed by atoms with Crippen molar-refractivity contribution in [2.45, 2.75) is 18.9 Å². The fourth-order valence-electron chi connectivity index (χ4n) is 1.76. The second-order valence-corrected chi connectivity index (χ2v) is 3.89. The van der Waals surface area contributed by atoms with Gasteiger partial charge in [0.05, 0.1) is 5.02 Å². The van der Waals surface area contributed by atoms with Gasteiger partial charge >= 0.3 is 0 Å².